The van der Waals surface area contributed by atoms with Crippen LogP contribution in [-0.4, -0.2) is 39.9 Å². The minimum Gasteiger partial charge on any atom is -0.456 e. The second-order valence-electron chi connectivity index (χ2n) is 31.3. The Labute approximate surface area is 732 Å². The van der Waals surface area contributed by atoms with Crippen LogP contribution in [0.2, 0.25) is 0 Å². The van der Waals surface area contributed by atoms with E-state index in [1.165, 1.54) is 31.3 Å². The monoisotopic (exact) mass is 1630 g/mol. The van der Waals surface area contributed by atoms with Crippen molar-refractivity contribution in [1.82, 2.24) is 39.9 Å². The van der Waals surface area contributed by atoms with Gasteiger partial charge in [-0.15, -0.1) is 11.3 Å². The van der Waals surface area contributed by atoms with E-state index in [0.717, 1.165) is 178 Å². The fourth-order valence-electron chi connectivity index (χ4n) is 16.9. The number of para-hydroxylation sites is 1. The maximum atomic E-state index is 6.21. The summed E-state index contributed by atoms with van der Waals surface area (Å²) in [6, 6.07) is 156. The normalized spacial score (nSPS) is 11.3. The van der Waals surface area contributed by atoms with Crippen LogP contribution in [0.5, 0.6) is 0 Å². The predicted molar refractivity (Wildman–Crippen MR) is 520 cm³/mol. The van der Waals surface area contributed by atoms with Crippen LogP contribution in [0.15, 0.2) is 453 Å². The van der Waals surface area contributed by atoms with Crippen molar-refractivity contribution in [2.24, 2.45) is 0 Å². The van der Waals surface area contributed by atoms with E-state index < -0.39 is 0 Å². The van der Waals surface area contributed by atoms with E-state index in [2.05, 4.69) is 315 Å². The summed E-state index contributed by atoms with van der Waals surface area (Å²) < 4.78 is 8.73. The van der Waals surface area contributed by atoms with E-state index in [4.69, 9.17) is 44.3 Å². The lowest BCUT2D eigenvalue weighted by Gasteiger charge is -2.16. The van der Waals surface area contributed by atoms with Crippen molar-refractivity contribution >= 4 is 64.2 Å². The standard InChI is InChI=1S/C60H38N4O.C56H36N4S/c1-5-17-39(18-6-1)53-37-55(63-59(61-53)41-21-9-3-10-22-41)45-33-44(34-46(35-45)56-38-54(40-19-7-2-8-20-40)62-60(64-56)42-23-11-4-12-24-42)48-31-30-47(49-25-13-14-26-50(48)49)43-29-32-58-52(36-43)51-27-15-16-28-57(51)65-58;1-6-16-37(17-7-1)42-27-29-53-48(33-42)47-28-26-43(34-54(47)61-53)44-30-45(51-35-49(38-18-8-2-9-19-38)57-55(59-51)40-22-12-4-13-23-40)32-46(31-44)52-36-50(39-20-10-3-11-21-39)58-56(60-52)41-24-14-5-15-25-41/h1-38H;1-36H. The smallest absolute Gasteiger partial charge is 0.160 e. The molecule has 23 aromatic rings. The second kappa shape index (κ2) is 33.4. The van der Waals surface area contributed by atoms with Crippen molar-refractivity contribution in [1.29, 1.82) is 0 Å². The summed E-state index contributed by atoms with van der Waals surface area (Å²) in [4.78, 5) is 41.6. The van der Waals surface area contributed by atoms with Gasteiger partial charge in [0, 0.05) is 97.7 Å². The number of nitrogens with zero attached hydrogens (tertiary/aromatic N) is 8. The molecule has 23 rings (SSSR count). The highest BCUT2D eigenvalue weighted by molar-refractivity contribution is 7.25. The van der Waals surface area contributed by atoms with Crippen molar-refractivity contribution in [3.05, 3.63) is 449 Å². The van der Waals surface area contributed by atoms with Crippen LogP contribution < -0.4 is 0 Å². The highest BCUT2D eigenvalue weighted by Gasteiger charge is 2.23. The number of rotatable bonds is 16. The molecule has 590 valence electrons. The highest BCUT2D eigenvalue weighted by Crippen LogP contribution is 2.45. The topological polar surface area (TPSA) is 116 Å². The molecule has 6 aromatic heterocycles. The average molecular weight is 1630 g/mol. The quantitative estimate of drug-likeness (QED) is 0.0932. The SMILES string of the molecule is c1ccc(-c2cc(-c3cc(-c4cc(-c5ccccc5)nc(-c5ccccc5)n4)cc(-c4ccc(-c5ccc6oc7ccccc7c6c5)c5ccccc45)c3)nc(-c3ccccc3)n2)cc1.c1ccc(-c2ccc3sc4cc(-c5cc(-c6cc(-c7ccccc7)nc(-c7ccccc7)n6)cc(-c6cc(-c7ccccc7)nc(-c7ccccc7)n6)c5)ccc4c3c2)cc1. The van der Waals surface area contributed by atoms with Crippen molar-refractivity contribution in [3.63, 3.8) is 0 Å². The van der Waals surface area contributed by atoms with Gasteiger partial charge in [0.2, 0.25) is 0 Å². The first-order chi connectivity index (χ1) is 62.4. The molecular formula is C116H74N8OS. The fourth-order valence-corrected chi connectivity index (χ4v) is 18.0. The van der Waals surface area contributed by atoms with Crippen molar-refractivity contribution in [2.45, 2.75) is 0 Å². The third-order valence-electron chi connectivity index (χ3n) is 23.2. The van der Waals surface area contributed by atoms with Gasteiger partial charge in [0.05, 0.1) is 45.6 Å². The number of hydrogen-bond acceptors (Lipinski definition) is 10. The summed E-state index contributed by atoms with van der Waals surface area (Å²) in [6.45, 7) is 0. The van der Waals surface area contributed by atoms with E-state index in [1.807, 2.05) is 145 Å². The summed E-state index contributed by atoms with van der Waals surface area (Å²) >= 11 is 1.83. The largest absolute Gasteiger partial charge is 0.456 e. The zero-order valence-corrected chi connectivity index (χ0v) is 68.9. The van der Waals surface area contributed by atoms with Gasteiger partial charge in [-0.05, 0) is 152 Å². The average Bonchev–Trinajstić information content (AvgIpc) is 1.28. The van der Waals surface area contributed by atoms with Crippen LogP contribution in [0, 0.1) is 0 Å². The van der Waals surface area contributed by atoms with Gasteiger partial charge in [-0.1, -0.05) is 352 Å². The van der Waals surface area contributed by atoms with E-state index in [-0.39, 0.29) is 0 Å². The van der Waals surface area contributed by atoms with E-state index in [9.17, 15) is 0 Å². The lowest BCUT2D eigenvalue weighted by molar-refractivity contribution is 0.669. The molecule has 0 radical (unpaired) electrons. The van der Waals surface area contributed by atoms with Crippen LogP contribution in [0.25, 0.3) is 233 Å². The Hall–Kier alpha value is -16.7. The minimum atomic E-state index is 0.658. The molecular weight excluding hydrogens is 1550 g/mol. The molecule has 0 N–H and O–H groups in total. The molecule has 0 saturated carbocycles. The highest BCUT2D eigenvalue weighted by atomic mass is 32.1. The van der Waals surface area contributed by atoms with Crippen LogP contribution in [0.3, 0.4) is 0 Å². The molecule has 126 heavy (non-hydrogen) atoms. The Morgan fingerprint density at radius 3 is 0.825 bits per heavy atom. The lowest BCUT2D eigenvalue weighted by Crippen LogP contribution is -1.98. The molecule has 0 aliphatic rings. The molecule has 9 nitrogen and oxygen atoms in total. The van der Waals surface area contributed by atoms with Gasteiger partial charge in [0.25, 0.3) is 0 Å². The molecule has 10 heteroatoms. The second-order valence-corrected chi connectivity index (χ2v) is 32.4. The number of furan rings is 1. The molecule has 17 aromatic carbocycles. The predicted octanol–water partition coefficient (Wildman–Crippen LogP) is 30.6. The van der Waals surface area contributed by atoms with Crippen molar-refractivity contribution < 1.29 is 4.42 Å². The maximum absolute atomic E-state index is 6.21. The molecule has 0 unspecified atom stereocenters. The number of aromatic nitrogens is 8. The summed E-state index contributed by atoms with van der Waals surface area (Å²) in [5.74, 6) is 2.66. The van der Waals surface area contributed by atoms with Crippen molar-refractivity contribution in [3.8, 4) is 180 Å². The molecule has 0 fully saturated rings. The molecule has 0 spiro atoms. The molecule has 6 heterocycles. The fraction of sp³-hybridized carbons (Fsp3) is 0. The van der Waals surface area contributed by atoms with E-state index in [1.54, 1.807) is 0 Å². The Morgan fingerprint density at radius 1 is 0.143 bits per heavy atom. The first kappa shape index (κ1) is 75.5. The number of thiophene rings is 1. The zero-order chi connectivity index (χ0) is 83.6. The van der Waals surface area contributed by atoms with Gasteiger partial charge in [0.15, 0.2) is 23.3 Å². The molecule has 0 aliphatic heterocycles. The molecule has 0 amide bonds. The van der Waals surface area contributed by atoms with Gasteiger partial charge < -0.3 is 4.42 Å². The first-order valence-corrected chi connectivity index (χ1v) is 43.0. The Balaban J connectivity index is 0.000000149. The lowest BCUT2D eigenvalue weighted by atomic mass is 9.89. The van der Waals surface area contributed by atoms with Gasteiger partial charge in [-0.3, -0.25) is 0 Å². The van der Waals surface area contributed by atoms with Gasteiger partial charge in [-0.2, -0.15) is 0 Å². The van der Waals surface area contributed by atoms with Crippen LogP contribution in [0.1, 0.15) is 0 Å². The Bertz CT molecular complexity index is 7460. The maximum Gasteiger partial charge on any atom is 0.160 e. The third-order valence-corrected chi connectivity index (χ3v) is 24.3. The number of fused-ring (bicyclic) bond motifs is 7. The molecule has 0 atom stereocenters. The van der Waals surface area contributed by atoms with E-state index >= 15 is 0 Å². The van der Waals surface area contributed by atoms with Crippen molar-refractivity contribution in [2.75, 3.05) is 0 Å². The Morgan fingerprint density at radius 2 is 0.429 bits per heavy atom. The molecule has 0 saturated heterocycles. The first-order valence-electron chi connectivity index (χ1n) is 42.1. The third kappa shape index (κ3) is 15.3. The minimum absolute atomic E-state index is 0.658. The van der Waals surface area contributed by atoms with Crippen LogP contribution in [0.4, 0.5) is 0 Å². The summed E-state index contributed by atoms with van der Waals surface area (Å²) in [5, 5.41) is 7.04. The summed E-state index contributed by atoms with van der Waals surface area (Å²) in [5.41, 5.74) is 29.2. The number of benzene rings is 17. The zero-order valence-electron chi connectivity index (χ0n) is 68.1. The van der Waals surface area contributed by atoms with Gasteiger partial charge in [-0.25, -0.2) is 39.9 Å². The summed E-state index contributed by atoms with van der Waals surface area (Å²) in [7, 11) is 0. The number of hydrogen-bond donors (Lipinski definition) is 0. The van der Waals surface area contributed by atoms with Crippen LogP contribution in [-0.2, 0) is 0 Å². The summed E-state index contributed by atoms with van der Waals surface area (Å²) in [6.07, 6.45) is 0. The van der Waals surface area contributed by atoms with Gasteiger partial charge >= 0.3 is 0 Å². The molecule has 0 aliphatic carbocycles. The van der Waals surface area contributed by atoms with Crippen LogP contribution >= 0.6 is 11.3 Å². The Kier molecular flexibility index (Phi) is 20.0. The molecule has 0 bridgehead atoms. The van der Waals surface area contributed by atoms with E-state index in [0.29, 0.717) is 23.3 Å². The van der Waals surface area contributed by atoms with Gasteiger partial charge in [0.1, 0.15) is 11.2 Å².